The van der Waals surface area contributed by atoms with Gasteiger partial charge in [0.1, 0.15) is 0 Å². The fraction of sp³-hybridized carbons (Fsp3) is 0.222. The summed E-state index contributed by atoms with van der Waals surface area (Å²) in [5.41, 5.74) is 0.963. The molecule has 0 amide bonds. The molecule has 0 saturated heterocycles. The van der Waals surface area contributed by atoms with Gasteiger partial charge in [-0.3, -0.25) is 4.79 Å². The summed E-state index contributed by atoms with van der Waals surface area (Å²) in [5.74, 6) is -0.833. The molecule has 0 bridgehead atoms. The summed E-state index contributed by atoms with van der Waals surface area (Å²) in [5, 5.41) is 12.2. The highest BCUT2D eigenvalue weighted by molar-refractivity contribution is 7.20. The number of aliphatic carboxylic acids is 1. The Labute approximate surface area is 94.3 Å². The third-order valence-electron chi connectivity index (χ3n) is 1.68. The van der Waals surface area contributed by atoms with E-state index >= 15 is 0 Å². The highest BCUT2D eigenvalue weighted by atomic mass is 32.1. The maximum Gasteiger partial charge on any atom is 0.308 e. The smallest absolute Gasteiger partial charge is 0.308 e. The highest BCUT2D eigenvalue weighted by Gasteiger charge is 2.09. The van der Waals surface area contributed by atoms with Crippen LogP contribution in [0.4, 0.5) is 0 Å². The van der Waals surface area contributed by atoms with Gasteiger partial charge in [0.25, 0.3) is 0 Å². The summed E-state index contributed by atoms with van der Waals surface area (Å²) in [6.07, 6.45) is 1.63. The van der Waals surface area contributed by atoms with Crippen molar-refractivity contribution in [3.8, 4) is 10.0 Å². The van der Waals surface area contributed by atoms with Crippen molar-refractivity contribution in [2.45, 2.75) is 13.3 Å². The number of rotatable bonds is 3. The largest absolute Gasteiger partial charge is 0.481 e. The maximum atomic E-state index is 10.5. The molecule has 0 saturated carbocycles. The van der Waals surface area contributed by atoms with E-state index in [4.69, 9.17) is 5.11 Å². The monoisotopic (exact) mass is 240 g/mol. The van der Waals surface area contributed by atoms with E-state index in [9.17, 15) is 4.79 Å². The molecule has 0 spiro atoms. The number of aromatic nitrogens is 2. The van der Waals surface area contributed by atoms with E-state index in [1.165, 1.54) is 22.7 Å². The van der Waals surface area contributed by atoms with E-state index in [2.05, 4.69) is 9.97 Å². The second kappa shape index (κ2) is 4.08. The molecule has 1 N–H and O–H groups in total. The van der Waals surface area contributed by atoms with Crippen LogP contribution < -0.4 is 0 Å². The minimum absolute atomic E-state index is 0.0298. The Morgan fingerprint density at radius 2 is 2.33 bits per heavy atom. The number of carboxylic acids is 1. The van der Waals surface area contributed by atoms with E-state index < -0.39 is 5.97 Å². The molecular weight excluding hydrogens is 232 g/mol. The number of carbonyl (C=O) groups is 1. The van der Waals surface area contributed by atoms with Crippen molar-refractivity contribution < 1.29 is 9.90 Å². The van der Waals surface area contributed by atoms with Crippen LogP contribution in [0.1, 0.15) is 10.6 Å². The van der Waals surface area contributed by atoms with Crippen LogP contribution in [0.3, 0.4) is 0 Å². The van der Waals surface area contributed by atoms with Crippen LogP contribution in [0, 0.1) is 6.92 Å². The number of aryl methyl sites for hydroxylation is 1. The lowest BCUT2D eigenvalue weighted by Gasteiger charge is -1.87. The summed E-state index contributed by atoms with van der Waals surface area (Å²) in [4.78, 5) is 19.7. The van der Waals surface area contributed by atoms with Crippen molar-refractivity contribution >= 4 is 28.6 Å². The summed E-state index contributed by atoms with van der Waals surface area (Å²) in [6, 6.07) is 0. The third-order valence-corrected chi connectivity index (χ3v) is 3.78. The maximum absolute atomic E-state index is 10.5. The molecule has 0 atom stereocenters. The summed E-state index contributed by atoms with van der Waals surface area (Å²) >= 11 is 2.91. The average molecular weight is 240 g/mol. The van der Waals surface area contributed by atoms with Crippen LogP contribution in [0.25, 0.3) is 10.0 Å². The SMILES string of the molecule is Cc1csc(-c2ncc(CC(=O)O)s2)n1. The minimum atomic E-state index is -0.833. The topological polar surface area (TPSA) is 63.1 Å². The fourth-order valence-corrected chi connectivity index (χ4v) is 2.83. The molecule has 2 rings (SSSR count). The predicted octanol–water partition coefficient (Wildman–Crippen LogP) is 2.20. The minimum Gasteiger partial charge on any atom is -0.481 e. The Morgan fingerprint density at radius 1 is 1.53 bits per heavy atom. The standard InChI is InChI=1S/C9H8N2O2S2/c1-5-4-14-9(11-5)8-10-3-6(15-8)2-7(12)13/h3-4H,2H2,1H3,(H,12,13). The first-order valence-corrected chi connectivity index (χ1v) is 5.94. The number of nitrogens with zero attached hydrogens (tertiary/aromatic N) is 2. The Kier molecular flexibility index (Phi) is 2.79. The molecule has 2 aromatic rings. The van der Waals surface area contributed by atoms with E-state index in [0.29, 0.717) is 0 Å². The molecule has 0 aliphatic carbocycles. The lowest BCUT2D eigenvalue weighted by atomic mass is 10.4. The lowest BCUT2D eigenvalue weighted by molar-refractivity contribution is -0.136. The van der Waals surface area contributed by atoms with Gasteiger partial charge in [-0.1, -0.05) is 0 Å². The Bertz CT molecular complexity index is 490. The molecule has 0 unspecified atom stereocenters. The average Bonchev–Trinajstić information content (AvgIpc) is 2.72. The second-order valence-corrected chi connectivity index (χ2v) is 4.97. The zero-order valence-electron chi connectivity index (χ0n) is 7.93. The molecule has 0 aliphatic rings. The molecule has 2 heterocycles. The first kappa shape index (κ1) is 10.3. The van der Waals surface area contributed by atoms with Crippen molar-refractivity contribution in [3.63, 3.8) is 0 Å². The molecule has 0 radical (unpaired) electrons. The molecule has 0 aromatic carbocycles. The molecule has 78 valence electrons. The van der Waals surface area contributed by atoms with Gasteiger partial charge in [0.15, 0.2) is 10.0 Å². The first-order valence-electron chi connectivity index (χ1n) is 4.24. The number of carboxylic acid groups (broad SMARTS) is 1. The Hall–Kier alpha value is -1.27. The zero-order valence-corrected chi connectivity index (χ0v) is 9.56. The molecule has 2 aromatic heterocycles. The van der Waals surface area contributed by atoms with Crippen LogP contribution in [0.15, 0.2) is 11.6 Å². The molecule has 0 aliphatic heterocycles. The van der Waals surface area contributed by atoms with Gasteiger partial charge in [-0.2, -0.15) is 0 Å². The fourth-order valence-electron chi connectivity index (χ4n) is 1.09. The van der Waals surface area contributed by atoms with Crippen molar-refractivity contribution in [1.29, 1.82) is 0 Å². The molecule has 6 heteroatoms. The van der Waals surface area contributed by atoms with Gasteiger partial charge in [-0.15, -0.1) is 22.7 Å². The number of hydrogen-bond acceptors (Lipinski definition) is 5. The summed E-state index contributed by atoms with van der Waals surface area (Å²) < 4.78 is 0. The second-order valence-electron chi connectivity index (χ2n) is 3.00. The Morgan fingerprint density at radius 3 is 2.93 bits per heavy atom. The number of hydrogen-bond donors (Lipinski definition) is 1. The van der Waals surface area contributed by atoms with E-state index in [1.807, 2.05) is 12.3 Å². The predicted molar refractivity (Wildman–Crippen MR) is 59.3 cm³/mol. The van der Waals surface area contributed by atoms with Gasteiger partial charge in [-0.05, 0) is 6.92 Å². The van der Waals surface area contributed by atoms with Gasteiger partial charge < -0.3 is 5.11 Å². The van der Waals surface area contributed by atoms with Crippen molar-refractivity contribution in [1.82, 2.24) is 9.97 Å². The first-order chi connectivity index (χ1) is 7.15. The molecule has 4 nitrogen and oxygen atoms in total. The molecular formula is C9H8N2O2S2. The van der Waals surface area contributed by atoms with Crippen LogP contribution in [0.2, 0.25) is 0 Å². The van der Waals surface area contributed by atoms with Gasteiger partial charge >= 0.3 is 5.97 Å². The highest BCUT2D eigenvalue weighted by Crippen LogP contribution is 2.27. The van der Waals surface area contributed by atoms with Gasteiger partial charge in [-0.25, -0.2) is 9.97 Å². The van der Waals surface area contributed by atoms with Gasteiger partial charge in [0, 0.05) is 22.1 Å². The Balaban J connectivity index is 2.23. The van der Waals surface area contributed by atoms with Crippen molar-refractivity contribution in [2.75, 3.05) is 0 Å². The van der Waals surface area contributed by atoms with E-state index in [0.717, 1.165) is 20.6 Å². The van der Waals surface area contributed by atoms with Crippen molar-refractivity contribution in [3.05, 3.63) is 22.1 Å². The lowest BCUT2D eigenvalue weighted by Crippen LogP contribution is -1.97. The van der Waals surface area contributed by atoms with Crippen LogP contribution in [-0.4, -0.2) is 21.0 Å². The third kappa shape index (κ3) is 2.40. The van der Waals surface area contributed by atoms with Crippen LogP contribution in [0.5, 0.6) is 0 Å². The normalized spacial score (nSPS) is 10.5. The van der Waals surface area contributed by atoms with E-state index in [-0.39, 0.29) is 6.42 Å². The quantitative estimate of drug-likeness (QED) is 0.893. The summed E-state index contributed by atoms with van der Waals surface area (Å²) in [6.45, 7) is 1.92. The van der Waals surface area contributed by atoms with Gasteiger partial charge in [0.05, 0.1) is 6.42 Å². The van der Waals surface area contributed by atoms with E-state index in [1.54, 1.807) is 6.20 Å². The number of thiazole rings is 2. The molecule has 15 heavy (non-hydrogen) atoms. The van der Waals surface area contributed by atoms with Crippen molar-refractivity contribution in [2.24, 2.45) is 0 Å². The van der Waals surface area contributed by atoms with Crippen LogP contribution in [-0.2, 0) is 11.2 Å². The summed E-state index contributed by atoms with van der Waals surface area (Å²) in [7, 11) is 0. The zero-order chi connectivity index (χ0) is 10.8. The molecule has 0 fully saturated rings. The van der Waals surface area contributed by atoms with Gasteiger partial charge in [0.2, 0.25) is 0 Å². The van der Waals surface area contributed by atoms with Crippen LogP contribution >= 0.6 is 22.7 Å².